The Morgan fingerprint density at radius 1 is 1.21 bits per heavy atom. The van der Waals surface area contributed by atoms with Gasteiger partial charge in [-0.05, 0) is 18.6 Å². The van der Waals surface area contributed by atoms with Gasteiger partial charge in [0.05, 0.1) is 0 Å². The molecule has 1 heterocycles. The van der Waals surface area contributed by atoms with Gasteiger partial charge in [0.25, 0.3) is 0 Å². The van der Waals surface area contributed by atoms with Crippen LogP contribution in [-0.4, -0.2) is 13.1 Å². The maximum Gasteiger partial charge on any atom is 0.0420 e. The molecule has 0 fully saturated rings. The van der Waals surface area contributed by atoms with E-state index in [0.717, 1.165) is 13.1 Å². The molecular weight excluding hydrogens is 172 g/mol. The van der Waals surface area contributed by atoms with Crippen molar-refractivity contribution in [2.45, 2.75) is 13.0 Å². The number of anilines is 1. The third-order valence-electron chi connectivity index (χ3n) is 2.59. The number of benzene rings is 1. The van der Waals surface area contributed by atoms with Crippen LogP contribution in [0.15, 0.2) is 36.4 Å². The van der Waals surface area contributed by atoms with E-state index >= 15 is 0 Å². The number of nitrogens with two attached hydrogens (primary N) is 1. The van der Waals surface area contributed by atoms with Crippen LogP contribution >= 0.6 is 0 Å². The summed E-state index contributed by atoms with van der Waals surface area (Å²) in [5.74, 6) is 0. The van der Waals surface area contributed by atoms with E-state index in [1.165, 1.54) is 11.3 Å². The van der Waals surface area contributed by atoms with Crippen molar-refractivity contribution in [3.63, 3.8) is 0 Å². The standard InChI is InChI=1S/C12H16N2/c1-10(13)11-6-2-3-7-12(11)14-8-4-5-9-14/h2-7,10H,8-9,13H2,1H3/t10-/m0/s1. The largest absolute Gasteiger partial charge is 0.364 e. The number of rotatable bonds is 2. The summed E-state index contributed by atoms with van der Waals surface area (Å²) in [4.78, 5) is 2.33. The Morgan fingerprint density at radius 3 is 2.50 bits per heavy atom. The van der Waals surface area contributed by atoms with Gasteiger partial charge in [0.2, 0.25) is 0 Å². The van der Waals surface area contributed by atoms with E-state index in [4.69, 9.17) is 5.73 Å². The lowest BCUT2D eigenvalue weighted by Gasteiger charge is -2.22. The summed E-state index contributed by atoms with van der Waals surface area (Å²) in [5.41, 5.74) is 8.44. The molecule has 0 spiro atoms. The molecule has 0 saturated heterocycles. The Balaban J connectivity index is 2.31. The molecule has 1 aliphatic heterocycles. The van der Waals surface area contributed by atoms with Crippen LogP contribution in [0.1, 0.15) is 18.5 Å². The zero-order valence-electron chi connectivity index (χ0n) is 8.48. The average Bonchev–Trinajstić information content (AvgIpc) is 2.70. The third-order valence-corrected chi connectivity index (χ3v) is 2.59. The lowest BCUT2D eigenvalue weighted by Crippen LogP contribution is -2.21. The second-order valence-corrected chi connectivity index (χ2v) is 3.72. The first-order chi connectivity index (χ1) is 6.79. The zero-order valence-corrected chi connectivity index (χ0v) is 8.48. The molecule has 0 saturated carbocycles. The van der Waals surface area contributed by atoms with E-state index in [1.807, 2.05) is 13.0 Å². The highest BCUT2D eigenvalue weighted by molar-refractivity contribution is 5.56. The zero-order chi connectivity index (χ0) is 9.97. The lowest BCUT2D eigenvalue weighted by atomic mass is 10.1. The average molecular weight is 188 g/mol. The van der Waals surface area contributed by atoms with Crippen molar-refractivity contribution in [3.8, 4) is 0 Å². The Morgan fingerprint density at radius 2 is 1.86 bits per heavy atom. The first kappa shape index (κ1) is 9.28. The van der Waals surface area contributed by atoms with Gasteiger partial charge < -0.3 is 10.6 Å². The van der Waals surface area contributed by atoms with Crippen LogP contribution < -0.4 is 10.6 Å². The van der Waals surface area contributed by atoms with Crippen LogP contribution in [0.2, 0.25) is 0 Å². The van der Waals surface area contributed by atoms with E-state index in [0.29, 0.717) is 0 Å². The van der Waals surface area contributed by atoms with Crippen LogP contribution in [0.4, 0.5) is 5.69 Å². The number of nitrogens with zero attached hydrogens (tertiary/aromatic N) is 1. The molecule has 1 aliphatic rings. The summed E-state index contributed by atoms with van der Waals surface area (Å²) >= 11 is 0. The molecule has 0 unspecified atom stereocenters. The second-order valence-electron chi connectivity index (χ2n) is 3.72. The molecule has 2 rings (SSSR count). The van der Waals surface area contributed by atoms with E-state index in [9.17, 15) is 0 Å². The van der Waals surface area contributed by atoms with Crippen molar-refractivity contribution in [3.05, 3.63) is 42.0 Å². The molecule has 0 aromatic heterocycles. The van der Waals surface area contributed by atoms with E-state index < -0.39 is 0 Å². The van der Waals surface area contributed by atoms with Crippen molar-refractivity contribution in [2.24, 2.45) is 5.73 Å². The molecule has 2 nitrogen and oxygen atoms in total. The molecular formula is C12H16N2. The van der Waals surface area contributed by atoms with E-state index in [2.05, 4.69) is 35.3 Å². The van der Waals surface area contributed by atoms with Crippen LogP contribution in [0, 0.1) is 0 Å². The molecule has 14 heavy (non-hydrogen) atoms. The number of para-hydroxylation sites is 1. The highest BCUT2D eigenvalue weighted by Gasteiger charge is 2.13. The normalized spacial score (nSPS) is 17.4. The molecule has 2 heteroatoms. The minimum atomic E-state index is 0.104. The van der Waals surface area contributed by atoms with Gasteiger partial charge in [0.15, 0.2) is 0 Å². The van der Waals surface area contributed by atoms with Crippen LogP contribution in [0.5, 0.6) is 0 Å². The minimum absolute atomic E-state index is 0.104. The van der Waals surface area contributed by atoms with Crippen molar-refractivity contribution in [1.82, 2.24) is 0 Å². The Kier molecular flexibility index (Phi) is 2.55. The molecule has 74 valence electrons. The minimum Gasteiger partial charge on any atom is -0.364 e. The summed E-state index contributed by atoms with van der Waals surface area (Å²) in [7, 11) is 0. The van der Waals surface area contributed by atoms with Gasteiger partial charge in [-0.1, -0.05) is 30.4 Å². The van der Waals surface area contributed by atoms with Crippen molar-refractivity contribution in [2.75, 3.05) is 18.0 Å². The topological polar surface area (TPSA) is 29.3 Å². The Bertz CT molecular complexity index is 334. The monoisotopic (exact) mass is 188 g/mol. The fourth-order valence-corrected chi connectivity index (χ4v) is 1.84. The Hall–Kier alpha value is -1.28. The summed E-state index contributed by atoms with van der Waals surface area (Å²) in [5, 5.41) is 0. The maximum absolute atomic E-state index is 5.94. The summed E-state index contributed by atoms with van der Waals surface area (Å²) < 4.78 is 0. The van der Waals surface area contributed by atoms with Gasteiger partial charge in [-0.2, -0.15) is 0 Å². The van der Waals surface area contributed by atoms with Crippen molar-refractivity contribution >= 4 is 5.69 Å². The molecule has 0 bridgehead atoms. The highest BCUT2D eigenvalue weighted by Crippen LogP contribution is 2.25. The first-order valence-electron chi connectivity index (χ1n) is 5.03. The smallest absolute Gasteiger partial charge is 0.0420 e. The highest BCUT2D eigenvalue weighted by atomic mass is 15.1. The van der Waals surface area contributed by atoms with Gasteiger partial charge in [-0.3, -0.25) is 0 Å². The Labute approximate surface area is 85.0 Å². The number of hydrogen-bond donors (Lipinski definition) is 1. The van der Waals surface area contributed by atoms with E-state index in [-0.39, 0.29) is 6.04 Å². The molecule has 0 aliphatic carbocycles. The molecule has 1 atom stereocenters. The SMILES string of the molecule is C[C@H](N)c1ccccc1N1CC=CC1. The van der Waals surface area contributed by atoms with Gasteiger partial charge in [0, 0.05) is 24.8 Å². The van der Waals surface area contributed by atoms with Gasteiger partial charge >= 0.3 is 0 Å². The molecule has 1 aromatic rings. The third kappa shape index (κ3) is 1.66. The lowest BCUT2D eigenvalue weighted by molar-refractivity contribution is 0.808. The van der Waals surface area contributed by atoms with Crippen LogP contribution in [0.3, 0.4) is 0 Å². The molecule has 2 N–H and O–H groups in total. The quantitative estimate of drug-likeness (QED) is 0.720. The van der Waals surface area contributed by atoms with Crippen LogP contribution in [-0.2, 0) is 0 Å². The summed E-state index contributed by atoms with van der Waals surface area (Å²) in [6.07, 6.45) is 4.38. The first-order valence-corrected chi connectivity index (χ1v) is 5.03. The fourth-order valence-electron chi connectivity index (χ4n) is 1.84. The van der Waals surface area contributed by atoms with Gasteiger partial charge in [-0.15, -0.1) is 0 Å². The second kappa shape index (κ2) is 3.84. The van der Waals surface area contributed by atoms with Gasteiger partial charge in [-0.25, -0.2) is 0 Å². The summed E-state index contributed by atoms with van der Waals surface area (Å²) in [6, 6.07) is 8.47. The molecule has 0 radical (unpaired) electrons. The van der Waals surface area contributed by atoms with Crippen molar-refractivity contribution in [1.29, 1.82) is 0 Å². The number of hydrogen-bond acceptors (Lipinski definition) is 2. The van der Waals surface area contributed by atoms with Crippen molar-refractivity contribution < 1.29 is 0 Å². The molecule has 0 amide bonds. The predicted molar refractivity (Wildman–Crippen MR) is 60.4 cm³/mol. The predicted octanol–water partition coefficient (Wildman–Crippen LogP) is 2.08. The van der Waals surface area contributed by atoms with Gasteiger partial charge in [0.1, 0.15) is 0 Å². The van der Waals surface area contributed by atoms with Crippen LogP contribution in [0.25, 0.3) is 0 Å². The van der Waals surface area contributed by atoms with E-state index in [1.54, 1.807) is 0 Å². The summed E-state index contributed by atoms with van der Waals surface area (Å²) in [6.45, 7) is 4.04. The fraction of sp³-hybridized carbons (Fsp3) is 0.333. The maximum atomic E-state index is 5.94. The molecule has 1 aromatic carbocycles.